The first-order valence-electron chi connectivity index (χ1n) is 11.4. The quantitative estimate of drug-likeness (QED) is 0.308. The van der Waals surface area contributed by atoms with Crippen molar-refractivity contribution in [1.29, 1.82) is 0 Å². The highest BCUT2D eigenvalue weighted by molar-refractivity contribution is 7.86. The fraction of sp³-hybridized carbons (Fsp3) is 0.200. The maximum absolute atomic E-state index is 13.5. The number of carbonyl (C=O) groups excluding carboxylic acids is 1. The van der Waals surface area contributed by atoms with Gasteiger partial charge in [0.25, 0.3) is 10.2 Å². The van der Waals surface area contributed by atoms with Crippen LogP contribution in [0.5, 0.6) is 11.5 Å². The summed E-state index contributed by atoms with van der Waals surface area (Å²) in [5, 5.41) is 9.62. The number of halogens is 1. The van der Waals surface area contributed by atoms with Crippen molar-refractivity contribution in [2.45, 2.75) is 18.9 Å². The van der Waals surface area contributed by atoms with Gasteiger partial charge < -0.3 is 15.0 Å². The van der Waals surface area contributed by atoms with E-state index in [4.69, 9.17) is 21.5 Å². The first-order valence-corrected chi connectivity index (χ1v) is 13.3. The van der Waals surface area contributed by atoms with Gasteiger partial charge in [0.15, 0.2) is 5.78 Å². The van der Waals surface area contributed by atoms with Crippen molar-refractivity contribution in [3.8, 4) is 11.5 Å². The number of para-hydroxylation sites is 1. The lowest BCUT2D eigenvalue weighted by Gasteiger charge is -2.31. The minimum absolute atomic E-state index is 0.0180. The molecule has 3 heterocycles. The number of hydrogen-bond donors (Lipinski definition) is 3. The van der Waals surface area contributed by atoms with Crippen LogP contribution in [0.15, 0.2) is 67.0 Å². The predicted octanol–water partition coefficient (Wildman–Crippen LogP) is 4.32. The molecule has 0 aliphatic carbocycles. The number of ketones is 1. The van der Waals surface area contributed by atoms with Gasteiger partial charge in [-0.2, -0.15) is 12.7 Å². The van der Waals surface area contributed by atoms with E-state index in [1.807, 2.05) is 30.3 Å². The Morgan fingerprint density at radius 3 is 2.53 bits per heavy atom. The number of fused-ring (bicyclic) bond motifs is 1. The number of aromatic amines is 1. The zero-order valence-corrected chi connectivity index (χ0v) is 20.7. The molecule has 1 saturated heterocycles. The van der Waals surface area contributed by atoms with Gasteiger partial charge in [0.05, 0.1) is 16.0 Å². The highest BCUT2D eigenvalue weighted by Crippen LogP contribution is 2.32. The molecule has 1 aliphatic rings. The van der Waals surface area contributed by atoms with Gasteiger partial charge in [0, 0.05) is 48.8 Å². The predicted molar refractivity (Wildman–Crippen MR) is 139 cm³/mol. The smallest absolute Gasteiger partial charge is 0.276 e. The van der Waals surface area contributed by atoms with Gasteiger partial charge in [-0.25, -0.2) is 10.1 Å². The van der Waals surface area contributed by atoms with E-state index in [1.54, 1.807) is 36.7 Å². The summed E-state index contributed by atoms with van der Waals surface area (Å²) in [6.07, 6.45) is 4.45. The molecule has 4 N–H and O–H groups in total. The number of nitrogens with two attached hydrogens (primary N) is 1. The molecule has 186 valence electrons. The molecule has 0 bridgehead atoms. The number of benzene rings is 2. The normalized spacial score (nSPS) is 15.2. The van der Waals surface area contributed by atoms with Gasteiger partial charge in [-0.05, 0) is 43.2 Å². The lowest BCUT2D eigenvalue weighted by atomic mass is 10.0. The Bertz CT molecular complexity index is 1520. The summed E-state index contributed by atoms with van der Waals surface area (Å²) in [7, 11) is -3.70. The molecule has 1 fully saturated rings. The number of ether oxygens (including phenoxy) is 1. The highest BCUT2D eigenvalue weighted by Gasteiger charge is 2.26. The molecule has 2 aromatic heterocycles. The molecule has 0 saturated carbocycles. The average Bonchev–Trinajstić information content (AvgIpc) is 3.30. The molecular weight excluding hydrogens is 502 g/mol. The van der Waals surface area contributed by atoms with E-state index in [2.05, 4.69) is 15.3 Å². The molecule has 0 spiro atoms. The van der Waals surface area contributed by atoms with Crippen molar-refractivity contribution in [2.75, 3.05) is 18.4 Å². The maximum atomic E-state index is 13.5. The third-order valence-corrected chi connectivity index (χ3v) is 7.55. The number of anilines is 1. The SMILES string of the molecule is NS(=O)(=O)N1CCC(Nc2ccnc3[nH]cc(C(=O)c4ccc(Oc5ccccc5)cc4Cl)c23)CC1. The Balaban J connectivity index is 1.38. The Kier molecular flexibility index (Phi) is 6.67. The fourth-order valence-corrected chi connectivity index (χ4v) is 5.32. The summed E-state index contributed by atoms with van der Waals surface area (Å²) in [6, 6.07) is 16.1. The van der Waals surface area contributed by atoms with Crippen LogP contribution >= 0.6 is 11.6 Å². The van der Waals surface area contributed by atoms with E-state index in [0.717, 1.165) is 5.69 Å². The maximum Gasteiger partial charge on any atom is 0.276 e. The number of nitrogens with one attached hydrogen (secondary N) is 2. The lowest BCUT2D eigenvalue weighted by Crippen LogP contribution is -2.45. The van der Waals surface area contributed by atoms with Crippen LogP contribution in [0.1, 0.15) is 28.8 Å². The second kappa shape index (κ2) is 9.90. The van der Waals surface area contributed by atoms with Crippen LogP contribution in [0.2, 0.25) is 5.02 Å². The Morgan fingerprint density at radius 1 is 1.08 bits per heavy atom. The summed E-state index contributed by atoms with van der Waals surface area (Å²) < 4.78 is 30.3. The zero-order chi connectivity index (χ0) is 25.3. The van der Waals surface area contributed by atoms with Gasteiger partial charge >= 0.3 is 0 Å². The molecular formula is C25H24ClN5O4S. The van der Waals surface area contributed by atoms with Crippen molar-refractivity contribution in [1.82, 2.24) is 14.3 Å². The van der Waals surface area contributed by atoms with Gasteiger partial charge in [0.1, 0.15) is 17.1 Å². The second-order valence-corrected chi connectivity index (χ2v) is 10.5. The first kappa shape index (κ1) is 24.3. The van der Waals surface area contributed by atoms with Crippen LogP contribution in [0.3, 0.4) is 0 Å². The second-order valence-electron chi connectivity index (χ2n) is 8.53. The summed E-state index contributed by atoms with van der Waals surface area (Å²) in [5.74, 6) is 0.940. The van der Waals surface area contributed by atoms with Crippen LogP contribution in [-0.2, 0) is 10.2 Å². The first-order chi connectivity index (χ1) is 17.3. The van der Waals surface area contributed by atoms with Crippen molar-refractivity contribution in [2.24, 2.45) is 5.14 Å². The minimum atomic E-state index is -3.70. The molecule has 11 heteroatoms. The largest absolute Gasteiger partial charge is 0.457 e. The number of hydrogen-bond acceptors (Lipinski definition) is 6. The standard InChI is InChI=1S/C25H24ClN5O4S/c26-21-14-18(35-17-4-2-1-3-5-17)6-7-19(21)24(32)20-15-29-25-23(20)22(8-11-28-25)30-16-9-12-31(13-10-16)36(27,33)34/h1-8,11,14-16H,9-10,12-13H2,(H2,27,33,34)(H2,28,29,30). The van der Waals surface area contributed by atoms with Crippen LogP contribution in [0.4, 0.5) is 5.69 Å². The van der Waals surface area contributed by atoms with Crippen molar-refractivity contribution < 1.29 is 17.9 Å². The fourth-order valence-electron chi connectivity index (χ4n) is 4.34. The van der Waals surface area contributed by atoms with E-state index in [1.165, 1.54) is 4.31 Å². The van der Waals surface area contributed by atoms with Crippen LogP contribution in [0.25, 0.3) is 11.0 Å². The minimum Gasteiger partial charge on any atom is -0.457 e. The van der Waals surface area contributed by atoms with E-state index in [-0.39, 0.29) is 16.8 Å². The topological polar surface area (TPSA) is 130 Å². The molecule has 0 atom stereocenters. The molecule has 4 aromatic rings. The number of pyridine rings is 1. The zero-order valence-electron chi connectivity index (χ0n) is 19.1. The van der Waals surface area contributed by atoms with E-state index in [9.17, 15) is 13.2 Å². The van der Waals surface area contributed by atoms with E-state index >= 15 is 0 Å². The van der Waals surface area contributed by atoms with E-state index in [0.29, 0.717) is 59.6 Å². The molecule has 0 amide bonds. The molecule has 0 radical (unpaired) electrons. The summed E-state index contributed by atoms with van der Waals surface area (Å²) in [5.41, 5.74) is 2.07. The number of aromatic nitrogens is 2. The number of carbonyl (C=O) groups is 1. The van der Waals surface area contributed by atoms with Crippen LogP contribution in [0, 0.1) is 0 Å². The molecule has 2 aromatic carbocycles. The van der Waals surface area contributed by atoms with Crippen LogP contribution < -0.4 is 15.2 Å². The molecule has 1 aliphatic heterocycles. The van der Waals surface area contributed by atoms with Gasteiger partial charge in [-0.15, -0.1) is 0 Å². The average molecular weight is 526 g/mol. The monoisotopic (exact) mass is 525 g/mol. The molecule has 9 nitrogen and oxygen atoms in total. The summed E-state index contributed by atoms with van der Waals surface area (Å²) in [6.45, 7) is 0.660. The third-order valence-electron chi connectivity index (χ3n) is 6.16. The number of piperidine rings is 1. The van der Waals surface area contributed by atoms with Gasteiger partial charge in [0.2, 0.25) is 0 Å². The van der Waals surface area contributed by atoms with Crippen molar-refractivity contribution in [3.63, 3.8) is 0 Å². The van der Waals surface area contributed by atoms with Crippen molar-refractivity contribution in [3.05, 3.63) is 83.1 Å². The summed E-state index contributed by atoms with van der Waals surface area (Å²) in [4.78, 5) is 20.9. The molecule has 36 heavy (non-hydrogen) atoms. The Hall–Kier alpha value is -3.44. The lowest BCUT2D eigenvalue weighted by molar-refractivity contribution is 0.104. The van der Waals surface area contributed by atoms with Crippen LogP contribution in [-0.4, -0.2) is 47.6 Å². The highest BCUT2D eigenvalue weighted by atomic mass is 35.5. The Labute approximate surface area is 213 Å². The number of H-pyrrole nitrogens is 1. The van der Waals surface area contributed by atoms with Gasteiger partial charge in [-0.1, -0.05) is 29.8 Å². The number of nitrogens with zero attached hydrogens (tertiary/aromatic N) is 2. The molecule has 5 rings (SSSR count). The van der Waals surface area contributed by atoms with Crippen molar-refractivity contribution >= 4 is 44.3 Å². The summed E-state index contributed by atoms with van der Waals surface area (Å²) >= 11 is 6.50. The number of rotatable bonds is 7. The van der Waals surface area contributed by atoms with E-state index < -0.39 is 10.2 Å². The van der Waals surface area contributed by atoms with Gasteiger partial charge in [-0.3, -0.25) is 4.79 Å². The Morgan fingerprint density at radius 2 is 1.83 bits per heavy atom. The molecule has 0 unspecified atom stereocenters. The third kappa shape index (κ3) is 5.07.